The molecular formula is C12H19NO3S. The molecule has 0 saturated heterocycles. The van der Waals surface area contributed by atoms with Gasteiger partial charge in [-0.2, -0.15) is 0 Å². The highest BCUT2D eigenvalue weighted by molar-refractivity contribution is 7.89. The molecule has 96 valence electrons. The second kappa shape index (κ2) is 5.16. The average molecular weight is 257 g/mol. The fraction of sp³-hybridized carbons (Fsp3) is 0.500. The molecule has 17 heavy (non-hydrogen) atoms. The van der Waals surface area contributed by atoms with Gasteiger partial charge in [0.25, 0.3) is 0 Å². The van der Waals surface area contributed by atoms with Gasteiger partial charge in [0, 0.05) is 18.6 Å². The van der Waals surface area contributed by atoms with E-state index in [4.69, 9.17) is 5.11 Å². The minimum atomic E-state index is -3.50. The van der Waals surface area contributed by atoms with Crippen molar-refractivity contribution in [3.05, 3.63) is 29.8 Å². The highest BCUT2D eigenvalue weighted by Crippen LogP contribution is 2.16. The van der Waals surface area contributed by atoms with E-state index in [2.05, 4.69) is 4.72 Å². The molecule has 0 saturated carbocycles. The summed E-state index contributed by atoms with van der Waals surface area (Å²) in [5.74, 6) is 0. The molecule has 1 aromatic carbocycles. The van der Waals surface area contributed by atoms with E-state index < -0.39 is 15.4 Å². The number of aliphatic hydroxyl groups is 1. The Bertz CT molecular complexity index is 480. The summed E-state index contributed by atoms with van der Waals surface area (Å²) in [5, 5.41) is 9.08. The Kier molecular flexibility index (Phi) is 4.30. The van der Waals surface area contributed by atoms with Gasteiger partial charge in [-0.1, -0.05) is 32.0 Å². The summed E-state index contributed by atoms with van der Waals surface area (Å²) in [6, 6.07) is 6.82. The maximum atomic E-state index is 12.0. The highest BCUT2D eigenvalue weighted by Gasteiger charge is 2.22. The number of aliphatic hydroxyl groups excluding tert-OH is 1. The summed E-state index contributed by atoms with van der Waals surface area (Å²) < 4.78 is 26.6. The van der Waals surface area contributed by atoms with Gasteiger partial charge in [0.05, 0.1) is 4.90 Å². The largest absolute Gasteiger partial charge is 0.396 e. The average Bonchev–Trinajstić information content (AvgIpc) is 2.27. The zero-order valence-electron chi connectivity index (χ0n) is 10.4. The van der Waals surface area contributed by atoms with Crippen LogP contribution in [0.5, 0.6) is 0 Å². The lowest BCUT2D eigenvalue weighted by Gasteiger charge is -2.22. The molecule has 0 radical (unpaired) electrons. The summed E-state index contributed by atoms with van der Waals surface area (Å²) in [5.41, 5.74) is 0.247. The van der Waals surface area contributed by atoms with E-state index in [0.717, 1.165) is 0 Å². The first-order valence-corrected chi connectivity index (χ1v) is 6.93. The van der Waals surface area contributed by atoms with Crippen LogP contribution in [-0.4, -0.2) is 26.7 Å². The van der Waals surface area contributed by atoms with Gasteiger partial charge in [0.2, 0.25) is 10.0 Å². The number of aryl methyl sites for hydroxylation is 1. The third-order valence-electron chi connectivity index (χ3n) is 2.55. The molecule has 0 fully saturated rings. The topological polar surface area (TPSA) is 66.4 Å². The molecular weight excluding hydrogens is 238 g/mol. The predicted octanol–water partition coefficient (Wildman–Crippen LogP) is 1.29. The van der Waals surface area contributed by atoms with Gasteiger partial charge in [-0.05, 0) is 18.6 Å². The van der Waals surface area contributed by atoms with Crippen molar-refractivity contribution in [3.63, 3.8) is 0 Å². The molecule has 1 aromatic rings. The molecule has 5 heteroatoms. The van der Waals surface area contributed by atoms with Crippen molar-refractivity contribution in [2.45, 2.75) is 25.7 Å². The number of hydrogen-bond acceptors (Lipinski definition) is 3. The first kappa shape index (κ1) is 14.2. The molecule has 0 aromatic heterocycles. The number of hydrogen-bond donors (Lipinski definition) is 2. The zero-order valence-corrected chi connectivity index (χ0v) is 11.2. The summed E-state index contributed by atoms with van der Waals surface area (Å²) in [6.07, 6.45) is 0. The van der Waals surface area contributed by atoms with Crippen LogP contribution in [0.15, 0.2) is 29.2 Å². The van der Waals surface area contributed by atoms with Crippen LogP contribution in [0.1, 0.15) is 19.4 Å². The van der Waals surface area contributed by atoms with Gasteiger partial charge in [-0.15, -0.1) is 0 Å². The van der Waals surface area contributed by atoms with Gasteiger partial charge in [-0.3, -0.25) is 0 Å². The van der Waals surface area contributed by atoms with E-state index in [0.29, 0.717) is 5.56 Å². The van der Waals surface area contributed by atoms with Crippen molar-refractivity contribution in [2.24, 2.45) is 5.41 Å². The third kappa shape index (κ3) is 3.80. The molecule has 0 spiro atoms. The van der Waals surface area contributed by atoms with Gasteiger partial charge in [0.1, 0.15) is 0 Å². The Morgan fingerprint density at radius 3 is 2.41 bits per heavy atom. The van der Waals surface area contributed by atoms with Crippen LogP contribution in [-0.2, 0) is 10.0 Å². The molecule has 0 amide bonds. The molecule has 4 nitrogen and oxygen atoms in total. The van der Waals surface area contributed by atoms with Crippen molar-refractivity contribution in [2.75, 3.05) is 13.2 Å². The summed E-state index contributed by atoms with van der Waals surface area (Å²) >= 11 is 0. The number of rotatable bonds is 5. The molecule has 0 atom stereocenters. The Balaban J connectivity index is 2.88. The molecule has 0 unspecified atom stereocenters. The van der Waals surface area contributed by atoms with E-state index in [-0.39, 0.29) is 18.0 Å². The molecule has 0 aliphatic carbocycles. The van der Waals surface area contributed by atoms with Crippen LogP contribution in [0, 0.1) is 12.3 Å². The highest BCUT2D eigenvalue weighted by atomic mass is 32.2. The van der Waals surface area contributed by atoms with Gasteiger partial charge >= 0.3 is 0 Å². The van der Waals surface area contributed by atoms with Crippen molar-refractivity contribution in [3.8, 4) is 0 Å². The number of nitrogens with one attached hydrogen (secondary N) is 1. The molecule has 0 aliphatic rings. The monoisotopic (exact) mass is 257 g/mol. The lowest BCUT2D eigenvalue weighted by Crippen LogP contribution is -2.36. The Labute approximate surface area is 103 Å². The summed E-state index contributed by atoms with van der Waals surface area (Å²) in [7, 11) is -3.50. The first-order valence-electron chi connectivity index (χ1n) is 5.45. The maximum Gasteiger partial charge on any atom is 0.240 e. The van der Waals surface area contributed by atoms with Crippen LogP contribution in [0.2, 0.25) is 0 Å². The van der Waals surface area contributed by atoms with Crippen molar-refractivity contribution < 1.29 is 13.5 Å². The fourth-order valence-electron chi connectivity index (χ4n) is 1.28. The van der Waals surface area contributed by atoms with E-state index in [1.54, 1.807) is 45.0 Å². The second-order valence-electron chi connectivity index (χ2n) is 4.91. The lowest BCUT2D eigenvalue weighted by atomic mass is 9.96. The van der Waals surface area contributed by atoms with Crippen LogP contribution >= 0.6 is 0 Å². The standard InChI is InChI=1S/C12H19NO3S/c1-10-6-4-5-7-11(10)17(15,16)13-8-12(2,3)9-14/h4-7,13-14H,8-9H2,1-3H3. The fourth-order valence-corrected chi connectivity index (χ4v) is 2.77. The normalized spacial score (nSPS) is 12.7. The smallest absolute Gasteiger partial charge is 0.240 e. The van der Waals surface area contributed by atoms with E-state index >= 15 is 0 Å². The predicted molar refractivity (Wildman–Crippen MR) is 67.2 cm³/mol. The van der Waals surface area contributed by atoms with Gasteiger partial charge in [-0.25, -0.2) is 13.1 Å². The Morgan fingerprint density at radius 2 is 1.88 bits per heavy atom. The Hall–Kier alpha value is -0.910. The van der Waals surface area contributed by atoms with Crippen LogP contribution in [0.3, 0.4) is 0 Å². The van der Waals surface area contributed by atoms with Crippen molar-refractivity contribution in [1.82, 2.24) is 4.72 Å². The quantitative estimate of drug-likeness (QED) is 0.835. The first-order chi connectivity index (χ1) is 7.78. The SMILES string of the molecule is Cc1ccccc1S(=O)(=O)NCC(C)(C)CO. The van der Waals surface area contributed by atoms with Crippen molar-refractivity contribution >= 4 is 10.0 Å². The molecule has 0 bridgehead atoms. The number of sulfonamides is 1. The minimum absolute atomic E-state index is 0.0662. The molecule has 0 heterocycles. The van der Waals surface area contributed by atoms with E-state index in [1.807, 2.05) is 0 Å². The van der Waals surface area contributed by atoms with Crippen molar-refractivity contribution in [1.29, 1.82) is 0 Å². The molecule has 0 aliphatic heterocycles. The van der Waals surface area contributed by atoms with Crippen LogP contribution < -0.4 is 4.72 Å². The molecule has 2 N–H and O–H groups in total. The maximum absolute atomic E-state index is 12.0. The zero-order chi connectivity index (χ0) is 13.1. The second-order valence-corrected chi connectivity index (χ2v) is 6.65. The minimum Gasteiger partial charge on any atom is -0.396 e. The van der Waals surface area contributed by atoms with Gasteiger partial charge in [0.15, 0.2) is 0 Å². The lowest BCUT2D eigenvalue weighted by molar-refractivity contribution is 0.163. The third-order valence-corrected chi connectivity index (χ3v) is 4.11. The number of benzene rings is 1. The van der Waals surface area contributed by atoms with Crippen LogP contribution in [0.4, 0.5) is 0 Å². The molecule has 1 rings (SSSR count). The Morgan fingerprint density at radius 1 is 1.29 bits per heavy atom. The van der Waals surface area contributed by atoms with E-state index in [9.17, 15) is 8.42 Å². The van der Waals surface area contributed by atoms with Gasteiger partial charge < -0.3 is 5.11 Å². The summed E-state index contributed by atoms with van der Waals surface area (Å²) in [6.45, 7) is 5.50. The van der Waals surface area contributed by atoms with Crippen LogP contribution in [0.25, 0.3) is 0 Å². The summed E-state index contributed by atoms with van der Waals surface area (Å²) in [4.78, 5) is 0.286. The van der Waals surface area contributed by atoms with E-state index in [1.165, 1.54) is 0 Å².